The molecule has 1 aliphatic rings. The molecule has 0 bridgehead atoms. The van der Waals surface area contributed by atoms with E-state index in [-0.39, 0.29) is 17.8 Å². The minimum absolute atomic E-state index is 0.314. The minimum Gasteiger partial charge on any atom is -0.467 e. The Morgan fingerprint density at radius 1 is 1.62 bits per heavy atom. The summed E-state index contributed by atoms with van der Waals surface area (Å²) in [5.41, 5.74) is 0.441. The molecule has 1 saturated heterocycles. The molecule has 0 spiro atoms. The third-order valence-electron chi connectivity index (χ3n) is 2.71. The SMILES string of the molecule is COC(=O)C1CCN1c1cc(Br)ccc1F. The van der Waals surface area contributed by atoms with Gasteiger partial charge >= 0.3 is 5.97 Å². The summed E-state index contributed by atoms with van der Waals surface area (Å²) < 4.78 is 19.0. The van der Waals surface area contributed by atoms with Crippen LogP contribution in [-0.2, 0) is 9.53 Å². The second kappa shape index (κ2) is 4.41. The van der Waals surface area contributed by atoms with Gasteiger partial charge in [0, 0.05) is 11.0 Å². The first-order valence-electron chi connectivity index (χ1n) is 4.93. The number of carbonyl (C=O) groups excluding carboxylic acids is 1. The Balaban J connectivity index is 2.24. The first kappa shape index (κ1) is 11.4. The maximum atomic E-state index is 13.6. The molecule has 0 saturated carbocycles. The van der Waals surface area contributed by atoms with E-state index in [1.165, 1.54) is 13.2 Å². The average molecular weight is 288 g/mol. The van der Waals surface area contributed by atoms with Gasteiger partial charge in [-0.1, -0.05) is 15.9 Å². The van der Waals surface area contributed by atoms with E-state index in [1.54, 1.807) is 17.0 Å². The summed E-state index contributed by atoms with van der Waals surface area (Å²) in [7, 11) is 1.34. The first-order chi connectivity index (χ1) is 7.63. The highest BCUT2D eigenvalue weighted by Crippen LogP contribution is 2.31. The van der Waals surface area contributed by atoms with Gasteiger partial charge in [-0.15, -0.1) is 0 Å². The highest BCUT2D eigenvalue weighted by molar-refractivity contribution is 9.10. The van der Waals surface area contributed by atoms with Crippen molar-refractivity contribution >= 4 is 27.6 Å². The van der Waals surface area contributed by atoms with Gasteiger partial charge < -0.3 is 9.64 Å². The summed E-state index contributed by atoms with van der Waals surface area (Å²) >= 11 is 3.28. The van der Waals surface area contributed by atoms with Crippen LogP contribution in [0, 0.1) is 5.82 Å². The Hall–Kier alpha value is -1.10. The van der Waals surface area contributed by atoms with E-state index < -0.39 is 0 Å². The molecule has 1 aromatic carbocycles. The Bertz CT molecular complexity index is 424. The predicted molar refractivity (Wildman–Crippen MR) is 61.9 cm³/mol. The number of anilines is 1. The number of halogens is 2. The van der Waals surface area contributed by atoms with Gasteiger partial charge in [0.2, 0.25) is 0 Å². The van der Waals surface area contributed by atoms with Crippen LogP contribution in [0.1, 0.15) is 6.42 Å². The Morgan fingerprint density at radius 3 is 2.94 bits per heavy atom. The van der Waals surface area contributed by atoms with Gasteiger partial charge in [-0.2, -0.15) is 0 Å². The van der Waals surface area contributed by atoms with E-state index >= 15 is 0 Å². The van der Waals surface area contributed by atoms with E-state index in [4.69, 9.17) is 0 Å². The van der Waals surface area contributed by atoms with Crippen molar-refractivity contribution in [2.45, 2.75) is 12.5 Å². The Labute approximate surface area is 101 Å². The van der Waals surface area contributed by atoms with Crippen LogP contribution >= 0.6 is 15.9 Å². The lowest BCUT2D eigenvalue weighted by Crippen LogP contribution is -2.53. The molecule has 0 radical (unpaired) electrons. The number of nitrogens with zero attached hydrogens (tertiary/aromatic N) is 1. The maximum Gasteiger partial charge on any atom is 0.328 e. The lowest BCUT2D eigenvalue weighted by molar-refractivity contribution is -0.143. The summed E-state index contributed by atoms with van der Waals surface area (Å²) in [6, 6.07) is 4.33. The molecular weight excluding hydrogens is 277 g/mol. The van der Waals surface area contributed by atoms with Crippen molar-refractivity contribution in [1.29, 1.82) is 0 Å². The molecule has 0 aromatic heterocycles. The molecular formula is C11H11BrFNO2. The zero-order valence-electron chi connectivity index (χ0n) is 8.74. The van der Waals surface area contributed by atoms with Crippen molar-refractivity contribution in [1.82, 2.24) is 0 Å². The number of hydrogen-bond donors (Lipinski definition) is 0. The number of methoxy groups -OCH3 is 1. The van der Waals surface area contributed by atoms with Gasteiger partial charge in [0.05, 0.1) is 12.8 Å². The van der Waals surface area contributed by atoms with E-state index in [9.17, 15) is 9.18 Å². The quantitative estimate of drug-likeness (QED) is 0.782. The topological polar surface area (TPSA) is 29.5 Å². The van der Waals surface area contributed by atoms with Crippen molar-refractivity contribution < 1.29 is 13.9 Å². The van der Waals surface area contributed by atoms with Crippen molar-refractivity contribution in [3.05, 3.63) is 28.5 Å². The average Bonchev–Trinajstić information content (AvgIpc) is 2.21. The molecule has 1 atom stereocenters. The zero-order chi connectivity index (χ0) is 11.7. The van der Waals surface area contributed by atoms with E-state index in [1.807, 2.05) is 0 Å². The number of esters is 1. The lowest BCUT2D eigenvalue weighted by atomic mass is 10.0. The molecule has 5 heteroatoms. The molecule has 2 rings (SSSR count). The second-order valence-corrected chi connectivity index (χ2v) is 4.53. The standard InChI is InChI=1S/C11H11BrFNO2/c1-16-11(15)9-4-5-14(9)10-6-7(12)2-3-8(10)13/h2-3,6,9H,4-5H2,1H3. The predicted octanol–water partition coefficient (Wildman–Crippen LogP) is 2.34. The fourth-order valence-electron chi connectivity index (χ4n) is 1.76. The van der Waals surface area contributed by atoms with Crippen LogP contribution in [0.25, 0.3) is 0 Å². The molecule has 1 heterocycles. The van der Waals surface area contributed by atoms with E-state index in [0.29, 0.717) is 18.7 Å². The summed E-state index contributed by atoms with van der Waals surface area (Å²) in [4.78, 5) is 13.1. The highest BCUT2D eigenvalue weighted by atomic mass is 79.9. The minimum atomic E-state index is -0.353. The summed E-state index contributed by atoms with van der Waals surface area (Å²) in [5.74, 6) is -0.637. The third kappa shape index (κ3) is 1.91. The fourth-order valence-corrected chi connectivity index (χ4v) is 2.11. The van der Waals surface area contributed by atoms with Gasteiger partial charge in [-0.25, -0.2) is 9.18 Å². The van der Waals surface area contributed by atoms with Crippen LogP contribution in [0.5, 0.6) is 0 Å². The number of benzene rings is 1. The van der Waals surface area contributed by atoms with Crippen LogP contribution in [0.2, 0.25) is 0 Å². The first-order valence-corrected chi connectivity index (χ1v) is 5.72. The largest absolute Gasteiger partial charge is 0.467 e. The maximum absolute atomic E-state index is 13.6. The van der Waals surface area contributed by atoms with Crippen molar-refractivity contribution in [2.24, 2.45) is 0 Å². The zero-order valence-corrected chi connectivity index (χ0v) is 10.3. The summed E-state index contributed by atoms with van der Waals surface area (Å²) in [6.45, 7) is 0.674. The van der Waals surface area contributed by atoms with Crippen LogP contribution in [0.4, 0.5) is 10.1 Å². The molecule has 0 N–H and O–H groups in total. The van der Waals surface area contributed by atoms with Crippen molar-refractivity contribution in [2.75, 3.05) is 18.6 Å². The van der Waals surface area contributed by atoms with Crippen LogP contribution < -0.4 is 4.90 Å². The Kier molecular flexibility index (Phi) is 3.14. The van der Waals surface area contributed by atoms with Gasteiger partial charge in [0.1, 0.15) is 11.9 Å². The smallest absolute Gasteiger partial charge is 0.328 e. The molecule has 1 unspecified atom stereocenters. The molecule has 0 aliphatic carbocycles. The third-order valence-corrected chi connectivity index (χ3v) is 3.20. The number of hydrogen-bond acceptors (Lipinski definition) is 3. The Morgan fingerprint density at radius 2 is 2.38 bits per heavy atom. The fraction of sp³-hybridized carbons (Fsp3) is 0.364. The molecule has 1 aromatic rings. The normalized spacial score (nSPS) is 19.2. The second-order valence-electron chi connectivity index (χ2n) is 3.62. The van der Waals surface area contributed by atoms with Gasteiger partial charge in [-0.05, 0) is 24.6 Å². The lowest BCUT2D eigenvalue weighted by Gasteiger charge is -2.40. The van der Waals surface area contributed by atoms with E-state index in [2.05, 4.69) is 20.7 Å². The number of ether oxygens (including phenoxy) is 1. The van der Waals surface area contributed by atoms with Gasteiger partial charge in [0.15, 0.2) is 0 Å². The van der Waals surface area contributed by atoms with Crippen LogP contribution in [0.3, 0.4) is 0 Å². The summed E-state index contributed by atoms with van der Waals surface area (Å²) in [5, 5.41) is 0. The van der Waals surface area contributed by atoms with Crippen molar-refractivity contribution in [3.8, 4) is 0 Å². The van der Waals surface area contributed by atoms with Crippen LogP contribution in [-0.4, -0.2) is 25.7 Å². The van der Waals surface area contributed by atoms with Gasteiger partial charge in [-0.3, -0.25) is 0 Å². The summed E-state index contributed by atoms with van der Waals surface area (Å²) in [6.07, 6.45) is 0.707. The number of rotatable bonds is 2. The molecule has 1 aliphatic heterocycles. The molecule has 3 nitrogen and oxygen atoms in total. The molecule has 86 valence electrons. The highest BCUT2D eigenvalue weighted by Gasteiger charge is 2.36. The molecule has 1 fully saturated rings. The molecule has 0 amide bonds. The van der Waals surface area contributed by atoms with Crippen molar-refractivity contribution in [3.63, 3.8) is 0 Å². The van der Waals surface area contributed by atoms with Crippen LogP contribution in [0.15, 0.2) is 22.7 Å². The van der Waals surface area contributed by atoms with Gasteiger partial charge in [0.25, 0.3) is 0 Å². The van der Waals surface area contributed by atoms with E-state index in [0.717, 1.165) is 4.47 Å². The molecule has 16 heavy (non-hydrogen) atoms. The number of carbonyl (C=O) groups is 1. The monoisotopic (exact) mass is 287 g/mol.